The first-order valence-electron chi connectivity index (χ1n) is 9.78. The number of rotatable bonds is 7. The van der Waals surface area contributed by atoms with E-state index in [0.717, 1.165) is 5.56 Å². The molecule has 0 radical (unpaired) electrons. The van der Waals surface area contributed by atoms with E-state index >= 15 is 0 Å². The monoisotopic (exact) mass is 434 g/mol. The number of nitrogens with one attached hydrogen (secondary N) is 2. The van der Waals surface area contributed by atoms with Crippen LogP contribution in [-0.2, 0) is 11.3 Å². The van der Waals surface area contributed by atoms with Gasteiger partial charge in [0.25, 0.3) is 5.91 Å². The summed E-state index contributed by atoms with van der Waals surface area (Å²) < 4.78 is 5.22. The van der Waals surface area contributed by atoms with Crippen LogP contribution >= 0.6 is 0 Å². The molecule has 4 N–H and O–H groups in total. The highest BCUT2D eigenvalue weighted by atomic mass is 16.5. The third-order valence-electron chi connectivity index (χ3n) is 4.73. The minimum Gasteiger partial charge on any atom is -0.506 e. The van der Waals surface area contributed by atoms with Gasteiger partial charge in [0.1, 0.15) is 12.4 Å². The zero-order valence-electron chi connectivity index (χ0n) is 17.2. The number of benzene rings is 3. The number of carboxylic acid groups (broad SMARTS) is 1. The van der Waals surface area contributed by atoms with Gasteiger partial charge in [-0.25, -0.2) is 9.59 Å². The molecule has 32 heavy (non-hydrogen) atoms. The number of hydrogen-bond donors (Lipinski definition) is 4. The number of para-hydroxylation sites is 2. The second kappa shape index (κ2) is 10.1. The summed E-state index contributed by atoms with van der Waals surface area (Å²) in [6.45, 7) is 1.77. The maximum absolute atomic E-state index is 12.3. The van der Waals surface area contributed by atoms with E-state index in [4.69, 9.17) is 9.84 Å². The van der Waals surface area contributed by atoms with E-state index in [1.165, 1.54) is 18.2 Å². The lowest BCUT2D eigenvalue weighted by Gasteiger charge is -2.15. The summed E-state index contributed by atoms with van der Waals surface area (Å²) in [5.74, 6) is -1.42. The van der Waals surface area contributed by atoms with Crippen LogP contribution in [0.3, 0.4) is 0 Å². The van der Waals surface area contributed by atoms with Crippen molar-refractivity contribution < 1.29 is 29.3 Å². The van der Waals surface area contributed by atoms with Crippen molar-refractivity contribution >= 4 is 23.7 Å². The topological polar surface area (TPSA) is 125 Å². The fourth-order valence-electron chi connectivity index (χ4n) is 2.89. The van der Waals surface area contributed by atoms with E-state index in [1.807, 2.05) is 0 Å². The Balaban J connectivity index is 1.50. The standard InChI is InChI=1S/C24H22N2O6/c1-15(17-10-12-19(13-11-17)23(29)30)25-24(31)32-14-16-6-8-18(9-7-16)22(28)26-20-4-2-3-5-21(20)27/h2-13,15,27H,14H2,1H3,(H,25,31)(H,26,28)(H,29,30)/t15-/m1/s1. The van der Waals surface area contributed by atoms with Gasteiger partial charge in [-0.05, 0) is 54.4 Å². The van der Waals surface area contributed by atoms with Crippen molar-refractivity contribution in [2.45, 2.75) is 19.6 Å². The minimum atomic E-state index is -1.02. The number of phenols is 1. The van der Waals surface area contributed by atoms with Gasteiger partial charge in [0.05, 0.1) is 17.3 Å². The van der Waals surface area contributed by atoms with Crippen LogP contribution < -0.4 is 10.6 Å². The first-order valence-corrected chi connectivity index (χ1v) is 9.78. The van der Waals surface area contributed by atoms with Crippen LogP contribution in [-0.4, -0.2) is 28.2 Å². The molecule has 0 bridgehead atoms. The third kappa shape index (κ3) is 5.85. The average Bonchev–Trinajstić information content (AvgIpc) is 2.79. The van der Waals surface area contributed by atoms with Gasteiger partial charge in [-0.15, -0.1) is 0 Å². The molecule has 0 aliphatic rings. The highest BCUT2D eigenvalue weighted by Gasteiger charge is 2.12. The Hall–Kier alpha value is -4.33. The second-order valence-electron chi connectivity index (χ2n) is 7.04. The van der Waals surface area contributed by atoms with Crippen molar-refractivity contribution in [3.05, 3.63) is 95.1 Å². The number of phenolic OH excluding ortho intramolecular Hbond substituents is 1. The number of ether oxygens (including phenoxy) is 1. The molecule has 0 aliphatic heterocycles. The molecule has 1 atom stereocenters. The maximum Gasteiger partial charge on any atom is 0.407 e. The van der Waals surface area contributed by atoms with Gasteiger partial charge in [0.15, 0.2) is 0 Å². The molecule has 0 saturated carbocycles. The first kappa shape index (κ1) is 22.4. The Labute approximate surface area is 184 Å². The van der Waals surface area contributed by atoms with Gasteiger partial charge in [-0.2, -0.15) is 0 Å². The fourth-order valence-corrected chi connectivity index (χ4v) is 2.89. The van der Waals surface area contributed by atoms with E-state index in [9.17, 15) is 19.5 Å². The van der Waals surface area contributed by atoms with Gasteiger partial charge < -0.3 is 25.6 Å². The zero-order chi connectivity index (χ0) is 23.1. The summed E-state index contributed by atoms with van der Waals surface area (Å²) >= 11 is 0. The predicted molar refractivity (Wildman–Crippen MR) is 118 cm³/mol. The minimum absolute atomic E-state index is 0.0118. The van der Waals surface area contributed by atoms with E-state index in [-0.39, 0.29) is 29.9 Å². The number of amides is 2. The SMILES string of the molecule is C[C@@H](NC(=O)OCc1ccc(C(=O)Nc2ccccc2O)cc1)c1ccc(C(=O)O)cc1. The maximum atomic E-state index is 12.3. The number of hydrogen-bond acceptors (Lipinski definition) is 5. The Morgan fingerprint density at radius 3 is 2.16 bits per heavy atom. The van der Waals surface area contributed by atoms with Crippen LogP contribution in [0.25, 0.3) is 0 Å². The Kier molecular flexibility index (Phi) is 7.07. The normalized spacial score (nSPS) is 11.3. The Morgan fingerprint density at radius 2 is 1.53 bits per heavy atom. The van der Waals surface area contributed by atoms with E-state index in [2.05, 4.69) is 10.6 Å². The quantitative estimate of drug-likeness (QED) is 0.410. The number of anilines is 1. The number of aromatic hydroxyl groups is 1. The molecule has 0 spiro atoms. The van der Waals surface area contributed by atoms with E-state index in [0.29, 0.717) is 16.8 Å². The average molecular weight is 434 g/mol. The van der Waals surface area contributed by atoms with Gasteiger partial charge in [-0.1, -0.05) is 36.4 Å². The highest BCUT2D eigenvalue weighted by molar-refractivity contribution is 6.05. The van der Waals surface area contributed by atoms with Crippen LogP contribution in [0.5, 0.6) is 5.75 Å². The van der Waals surface area contributed by atoms with E-state index < -0.39 is 12.1 Å². The lowest BCUT2D eigenvalue weighted by molar-refractivity contribution is 0.0696. The molecular formula is C24H22N2O6. The molecule has 0 aromatic heterocycles. The Bertz CT molecular complexity index is 1110. The molecule has 0 fully saturated rings. The third-order valence-corrected chi connectivity index (χ3v) is 4.73. The summed E-state index contributed by atoms with van der Waals surface area (Å²) in [4.78, 5) is 35.3. The fraction of sp³-hybridized carbons (Fsp3) is 0.125. The zero-order valence-corrected chi connectivity index (χ0v) is 17.2. The van der Waals surface area contributed by atoms with Crippen molar-refractivity contribution in [2.75, 3.05) is 5.32 Å². The summed E-state index contributed by atoms with van der Waals surface area (Å²) in [7, 11) is 0. The van der Waals surface area contributed by atoms with Crippen molar-refractivity contribution in [2.24, 2.45) is 0 Å². The molecule has 3 rings (SSSR count). The molecule has 0 saturated heterocycles. The second-order valence-corrected chi connectivity index (χ2v) is 7.04. The van der Waals surface area contributed by atoms with Crippen LogP contribution in [0.1, 0.15) is 44.8 Å². The van der Waals surface area contributed by atoms with Crippen molar-refractivity contribution in [1.82, 2.24) is 5.32 Å². The lowest BCUT2D eigenvalue weighted by Crippen LogP contribution is -2.27. The molecule has 3 aromatic rings. The number of carbonyl (C=O) groups is 3. The molecular weight excluding hydrogens is 412 g/mol. The smallest absolute Gasteiger partial charge is 0.407 e. The highest BCUT2D eigenvalue weighted by Crippen LogP contribution is 2.22. The van der Waals surface area contributed by atoms with Crippen molar-refractivity contribution in [3.8, 4) is 5.75 Å². The number of aromatic carboxylic acids is 1. The van der Waals surface area contributed by atoms with Gasteiger partial charge in [0.2, 0.25) is 0 Å². The number of carboxylic acids is 1. The van der Waals surface area contributed by atoms with Crippen LogP contribution in [0, 0.1) is 0 Å². The molecule has 2 amide bonds. The van der Waals surface area contributed by atoms with Crippen LogP contribution in [0.4, 0.5) is 10.5 Å². The summed E-state index contributed by atoms with van der Waals surface area (Å²) in [6.07, 6.45) is -0.624. The number of carbonyl (C=O) groups excluding carboxylic acids is 2. The molecule has 0 aliphatic carbocycles. The Morgan fingerprint density at radius 1 is 0.906 bits per heavy atom. The van der Waals surface area contributed by atoms with Crippen LogP contribution in [0.2, 0.25) is 0 Å². The largest absolute Gasteiger partial charge is 0.506 e. The molecule has 164 valence electrons. The van der Waals surface area contributed by atoms with Crippen molar-refractivity contribution in [3.63, 3.8) is 0 Å². The van der Waals surface area contributed by atoms with Crippen LogP contribution in [0.15, 0.2) is 72.8 Å². The lowest BCUT2D eigenvalue weighted by atomic mass is 10.1. The summed E-state index contributed by atoms with van der Waals surface area (Å²) in [5.41, 5.74) is 2.30. The summed E-state index contributed by atoms with van der Waals surface area (Å²) in [6, 6.07) is 18.8. The predicted octanol–water partition coefficient (Wildman–Crippen LogP) is 4.33. The van der Waals surface area contributed by atoms with Gasteiger partial charge >= 0.3 is 12.1 Å². The molecule has 0 heterocycles. The van der Waals surface area contributed by atoms with Crippen molar-refractivity contribution in [1.29, 1.82) is 0 Å². The molecule has 3 aromatic carbocycles. The van der Waals surface area contributed by atoms with Gasteiger partial charge in [-0.3, -0.25) is 4.79 Å². The molecule has 8 nitrogen and oxygen atoms in total. The van der Waals surface area contributed by atoms with E-state index in [1.54, 1.807) is 61.5 Å². The molecule has 8 heteroatoms. The first-order chi connectivity index (χ1) is 15.3. The van der Waals surface area contributed by atoms with Gasteiger partial charge in [0, 0.05) is 5.56 Å². The molecule has 0 unspecified atom stereocenters. The summed E-state index contributed by atoms with van der Waals surface area (Å²) in [5, 5.41) is 24.0. The number of alkyl carbamates (subject to hydrolysis) is 1.